The fraction of sp³-hybridized carbons (Fsp3) is 0.333. The van der Waals surface area contributed by atoms with Gasteiger partial charge in [-0.15, -0.1) is 0 Å². The predicted octanol–water partition coefficient (Wildman–Crippen LogP) is 9.48. The van der Waals surface area contributed by atoms with Gasteiger partial charge < -0.3 is 14.4 Å². The summed E-state index contributed by atoms with van der Waals surface area (Å²) in [5.41, 5.74) is 3.53. The van der Waals surface area contributed by atoms with Crippen LogP contribution in [0.4, 0.5) is 18.0 Å². The summed E-state index contributed by atoms with van der Waals surface area (Å²) in [4.78, 5) is 27.0. The molecule has 0 atom stereocenters. The number of esters is 1. The highest BCUT2D eigenvalue weighted by Crippen LogP contribution is 2.36. The van der Waals surface area contributed by atoms with Gasteiger partial charge in [0.15, 0.2) is 0 Å². The van der Waals surface area contributed by atoms with Gasteiger partial charge in [-0.3, -0.25) is 0 Å². The van der Waals surface area contributed by atoms with E-state index in [0.29, 0.717) is 30.1 Å². The lowest BCUT2D eigenvalue weighted by Gasteiger charge is -2.33. The Labute approximate surface area is 255 Å². The normalized spacial score (nSPS) is 14.5. The minimum Gasteiger partial charge on any atom is -0.462 e. The number of rotatable bonds is 5. The van der Waals surface area contributed by atoms with Crippen LogP contribution in [0.5, 0.6) is 0 Å². The molecule has 0 bridgehead atoms. The summed E-state index contributed by atoms with van der Waals surface area (Å²) in [5, 5.41) is 1.69. The van der Waals surface area contributed by atoms with Crippen molar-refractivity contribution >= 4 is 22.8 Å². The number of amides is 1. The van der Waals surface area contributed by atoms with Gasteiger partial charge in [0, 0.05) is 13.1 Å². The number of alkyl halides is 3. The summed E-state index contributed by atoms with van der Waals surface area (Å²) < 4.78 is 50.1. The fourth-order valence-electron chi connectivity index (χ4n) is 5.63. The zero-order valence-corrected chi connectivity index (χ0v) is 25.3. The number of hydrogen-bond donors (Lipinski definition) is 0. The van der Waals surface area contributed by atoms with E-state index in [1.807, 2.05) is 57.2 Å². The van der Waals surface area contributed by atoms with Gasteiger partial charge in [0.2, 0.25) is 0 Å². The first-order valence-corrected chi connectivity index (χ1v) is 14.8. The first kappa shape index (κ1) is 31.1. The van der Waals surface area contributed by atoms with Gasteiger partial charge in [-0.1, -0.05) is 48.5 Å². The molecule has 1 saturated heterocycles. The monoisotopic (exact) mass is 603 g/mol. The molecule has 1 amide bonds. The van der Waals surface area contributed by atoms with Crippen LogP contribution in [0.15, 0.2) is 78.9 Å². The minimum absolute atomic E-state index is 0.235. The van der Waals surface area contributed by atoms with Crippen molar-refractivity contribution in [2.24, 2.45) is 0 Å². The van der Waals surface area contributed by atoms with Gasteiger partial charge in [-0.2, -0.15) is 13.2 Å². The van der Waals surface area contributed by atoms with E-state index in [1.54, 1.807) is 17.9 Å². The minimum atomic E-state index is -4.40. The van der Waals surface area contributed by atoms with Crippen molar-refractivity contribution in [3.63, 3.8) is 0 Å². The van der Waals surface area contributed by atoms with Crippen LogP contribution >= 0.6 is 0 Å². The Morgan fingerprint density at radius 3 is 2.02 bits per heavy atom. The van der Waals surface area contributed by atoms with Crippen LogP contribution in [0.25, 0.3) is 33.0 Å². The molecule has 230 valence electrons. The molecule has 0 spiro atoms. The highest BCUT2D eigenvalue weighted by Gasteiger charge is 2.30. The Hall–Kier alpha value is -4.33. The van der Waals surface area contributed by atoms with E-state index in [-0.39, 0.29) is 12.7 Å². The molecule has 5 rings (SSSR count). The number of nitrogens with zero attached hydrogens (tertiary/aromatic N) is 1. The Morgan fingerprint density at radius 1 is 0.818 bits per heavy atom. The maximum Gasteiger partial charge on any atom is 0.416 e. The number of benzene rings is 4. The van der Waals surface area contributed by atoms with Gasteiger partial charge in [-0.05, 0) is 115 Å². The maximum absolute atomic E-state index is 13.1. The third kappa shape index (κ3) is 7.07. The number of halogens is 3. The molecule has 1 aliphatic heterocycles. The van der Waals surface area contributed by atoms with Crippen LogP contribution < -0.4 is 0 Å². The average Bonchev–Trinajstić information content (AvgIpc) is 2.99. The maximum atomic E-state index is 13.1. The third-order valence-corrected chi connectivity index (χ3v) is 7.85. The van der Waals surface area contributed by atoms with E-state index in [9.17, 15) is 22.8 Å². The van der Waals surface area contributed by atoms with E-state index < -0.39 is 23.3 Å². The van der Waals surface area contributed by atoms with Crippen LogP contribution in [-0.2, 0) is 15.7 Å². The number of carbonyl (C=O) groups excluding carboxylic acids is 2. The van der Waals surface area contributed by atoms with Crippen LogP contribution in [0.3, 0.4) is 0 Å². The molecular formula is C36H36F3NO4. The second-order valence-electron chi connectivity index (χ2n) is 12.1. The van der Waals surface area contributed by atoms with Crippen molar-refractivity contribution in [3.8, 4) is 22.3 Å². The Balaban J connectivity index is 1.42. The van der Waals surface area contributed by atoms with E-state index in [2.05, 4.69) is 12.1 Å². The average molecular weight is 604 g/mol. The molecule has 0 N–H and O–H groups in total. The lowest BCUT2D eigenvalue weighted by Crippen LogP contribution is -2.41. The van der Waals surface area contributed by atoms with Crippen LogP contribution in [-0.4, -0.2) is 42.3 Å². The van der Waals surface area contributed by atoms with E-state index in [4.69, 9.17) is 9.47 Å². The highest BCUT2D eigenvalue weighted by molar-refractivity contribution is 6.04. The molecule has 8 heteroatoms. The third-order valence-electron chi connectivity index (χ3n) is 7.85. The van der Waals surface area contributed by atoms with E-state index in [1.165, 1.54) is 17.7 Å². The second-order valence-corrected chi connectivity index (χ2v) is 12.1. The molecule has 0 aromatic heterocycles. The van der Waals surface area contributed by atoms with Crippen LogP contribution in [0, 0.1) is 0 Å². The molecular weight excluding hydrogens is 567 g/mol. The molecule has 0 radical (unpaired) electrons. The van der Waals surface area contributed by atoms with Crippen molar-refractivity contribution in [1.29, 1.82) is 0 Å². The zero-order valence-electron chi connectivity index (χ0n) is 25.3. The first-order chi connectivity index (χ1) is 20.8. The molecule has 1 fully saturated rings. The summed E-state index contributed by atoms with van der Waals surface area (Å²) in [6.07, 6.45) is -3.00. The summed E-state index contributed by atoms with van der Waals surface area (Å²) in [6, 6.07) is 22.6. The van der Waals surface area contributed by atoms with Crippen LogP contribution in [0.1, 0.15) is 67.9 Å². The van der Waals surface area contributed by atoms with Gasteiger partial charge in [0.25, 0.3) is 0 Å². The Bertz CT molecular complexity index is 1650. The standard InChI is InChI=1S/C36H36F3NO4/c1-5-43-33(41)29-21-28-20-27(24-10-13-30(14-11-24)36(37,38)39)12-15-31(28)32(22-29)26-8-6-23(7-9-26)25-16-18-40(19-17-25)34(42)44-35(2,3)4/h6-15,20-22,25H,5,16-19H2,1-4H3. The summed E-state index contributed by atoms with van der Waals surface area (Å²) >= 11 is 0. The molecule has 0 aliphatic carbocycles. The first-order valence-electron chi connectivity index (χ1n) is 14.8. The molecule has 1 aliphatic rings. The summed E-state index contributed by atoms with van der Waals surface area (Å²) in [5.74, 6) is -0.124. The number of carbonyl (C=O) groups is 2. The quantitative estimate of drug-likeness (QED) is 0.213. The fourth-order valence-corrected chi connectivity index (χ4v) is 5.63. The van der Waals surface area contributed by atoms with Crippen molar-refractivity contribution in [2.45, 2.75) is 58.2 Å². The molecule has 4 aromatic carbocycles. The topological polar surface area (TPSA) is 55.8 Å². The molecule has 0 unspecified atom stereocenters. The van der Waals surface area contributed by atoms with Gasteiger partial charge in [-0.25, -0.2) is 9.59 Å². The molecule has 5 nitrogen and oxygen atoms in total. The van der Waals surface area contributed by atoms with E-state index in [0.717, 1.165) is 52.4 Å². The summed E-state index contributed by atoms with van der Waals surface area (Å²) in [7, 11) is 0. The van der Waals surface area contributed by atoms with Crippen molar-refractivity contribution in [3.05, 3.63) is 95.6 Å². The Morgan fingerprint density at radius 2 is 1.43 bits per heavy atom. The lowest BCUT2D eigenvalue weighted by molar-refractivity contribution is -0.137. The number of ether oxygens (including phenoxy) is 2. The van der Waals surface area contributed by atoms with Gasteiger partial charge in [0.1, 0.15) is 5.60 Å². The summed E-state index contributed by atoms with van der Waals surface area (Å²) in [6.45, 7) is 8.84. The Kier molecular flexibility index (Phi) is 8.73. The molecule has 4 aromatic rings. The largest absolute Gasteiger partial charge is 0.462 e. The van der Waals surface area contributed by atoms with Crippen molar-refractivity contribution in [2.75, 3.05) is 19.7 Å². The predicted molar refractivity (Wildman–Crippen MR) is 166 cm³/mol. The zero-order chi connectivity index (χ0) is 31.6. The number of likely N-dealkylation sites (tertiary alicyclic amines) is 1. The van der Waals surface area contributed by atoms with Crippen molar-refractivity contribution < 1.29 is 32.2 Å². The van der Waals surface area contributed by atoms with E-state index >= 15 is 0 Å². The second kappa shape index (κ2) is 12.3. The lowest BCUT2D eigenvalue weighted by atomic mass is 9.87. The smallest absolute Gasteiger partial charge is 0.416 e. The highest BCUT2D eigenvalue weighted by atomic mass is 19.4. The molecule has 1 heterocycles. The molecule has 44 heavy (non-hydrogen) atoms. The van der Waals surface area contributed by atoms with Gasteiger partial charge in [0.05, 0.1) is 17.7 Å². The van der Waals surface area contributed by atoms with Crippen LogP contribution in [0.2, 0.25) is 0 Å². The van der Waals surface area contributed by atoms with Gasteiger partial charge >= 0.3 is 18.2 Å². The van der Waals surface area contributed by atoms with Crippen molar-refractivity contribution in [1.82, 2.24) is 4.90 Å². The number of piperidine rings is 1. The molecule has 0 saturated carbocycles. The number of hydrogen-bond acceptors (Lipinski definition) is 4. The number of fused-ring (bicyclic) bond motifs is 1. The SMILES string of the molecule is CCOC(=O)c1cc(-c2ccc(C3CCN(C(=O)OC(C)(C)C)CC3)cc2)c2ccc(-c3ccc(C(F)(F)F)cc3)cc2c1.